The largest absolute Gasteiger partial charge is 0.481 e. The quantitative estimate of drug-likeness (QED) is 0.187. The average Bonchev–Trinajstić information content (AvgIpc) is 3.38. The third-order valence-electron chi connectivity index (χ3n) is 10.4. The molecule has 13 nitrogen and oxygen atoms in total. The molecule has 1 aromatic rings. The Labute approximate surface area is 277 Å². The zero-order chi connectivity index (χ0) is 34.7. The van der Waals surface area contributed by atoms with Gasteiger partial charge >= 0.3 is 13.2 Å². The van der Waals surface area contributed by atoms with E-state index in [4.69, 9.17) is 15.0 Å². The summed E-state index contributed by atoms with van der Waals surface area (Å²) in [5, 5.41) is 10.9. The van der Waals surface area contributed by atoms with Crippen LogP contribution in [0.3, 0.4) is 0 Å². The number of hydrogen-bond donors (Lipinski definition) is 5. The van der Waals surface area contributed by atoms with Gasteiger partial charge in [0.05, 0.1) is 24.8 Å². The van der Waals surface area contributed by atoms with Gasteiger partial charge in [-0.2, -0.15) is 0 Å². The van der Waals surface area contributed by atoms with Crippen molar-refractivity contribution in [1.82, 2.24) is 21.3 Å². The second-order valence-corrected chi connectivity index (χ2v) is 14.3. The molecule has 8 atom stereocenters. The maximum absolute atomic E-state index is 13.6. The van der Waals surface area contributed by atoms with Crippen LogP contribution >= 0.6 is 0 Å². The normalized spacial score (nSPS) is 26.5. The number of ether oxygens (including phenoxy) is 1. The zero-order valence-electron chi connectivity index (χ0n) is 28.5. The molecule has 5 amide bonds. The minimum Gasteiger partial charge on any atom is -0.453 e. The number of primary amides is 1. The molecule has 4 aliphatic rings. The molecule has 6 N–H and O–H groups in total. The predicted molar refractivity (Wildman–Crippen MR) is 174 cm³/mol. The van der Waals surface area contributed by atoms with E-state index in [0.29, 0.717) is 11.8 Å². The van der Waals surface area contributed by atoms with E-state index in [1.807, 2.05) is 30.3 Å². The number of benzene rings is 1. The second-order valence-electron chi connectivity index (χ2n) is 14.3. The van der Waals surface area contributed by atoms with Gasteiger partial charge in [-0.05, 0) is 61.8 Å². The summed E-state index contributed by atoms with van der Waals surface area (Å²) in [5.74, 6) is -2.33. The summed E-state index contributed by atoms with van der Waals surface area (Å²) >= 11 is 0. The highest BCUT2D eigenvalue weighted by Gasteiger charge is 2.68. The van der Waals surface area contributed by atoms with Gasteiger partial charge in [0.15, 0.2) is 0 Å². The van der Waals surface area contributed by atoms with Crippen LogP contribution in [0.5, 0.6) is 0 Å². The molecule has 2 bridgehead atoms. The summed E-state index contributed by atoms with van der Waals surface area (Å²) in [6.45, 7) is 11.6. The van der Waals surface area contributed by atoms with Crippen LogP contribution in [0.1, 0.15) is 72.8 Å². The molecule has 0 spiro atoms. The molecule has 4 fully saturated rings. The highest BCUT2D eigenvalue weighted by molar-refractivity contribution is 6.48. The standard InChI is InChI=1S/C33H50BN5O8/c1-18(2)27(39-31(44)45-7)30(43)37-22(15-20-11-9-8-10-12-20)29(42)36-19(3)28(41)38-25(13-14-26(35)40)34-46-24-17-21-16-23(32(21,4)5)33(24,6)47-34/h8-12,18-19,21-25,27H,13-17H2,1-7H3,(H2,35,40)(H,36,42)(H,37,43)(H,38,41)(H,39,44)/t19-,21?,22-,23-,24+,25?,27-,33-/m0/s1. The lowest BCUT2D eigenvalue weighted by atomic mass is 9.43. The first kappa shape index (κ1) is 36.2. The molecule has 47 heavy (non-hydrogen) atoms. The van der Waals surface area contributed by atoms with Gasteiger partial charge in [0.25, 0.3) is 0 Å². The fraction of sp³-hybridized carbons (Fsp3) is 0.667. The van der Waals surface area contributed by atoms with E-state index in [1.54, 1.807) is 13.8 Å². The third-order valence-corrected chi connectivity index (χ3v) is 10.4. The Hall–Kier alpha value is -3.65. The summed E-state index contributed by atoms with van der Waals surface area (Å²) in [7, 11) is 0.412. The van der Waals surface area contributed by atoms with Gasteiger partial charge in [0.2, 0.25) is 23.6 Å². The molecule has 1 saturated heterocycles. The van der Waals surface area contributed by atoms with Crippen molar-refractivity contribution >= 4 is 36.8 Å². The van der Waals surface area contributed by atoms with Crippen LogP contribution in [-0.4, -0.2) is 79.7 Å². The molecule has 1 aliphatic heterocycles. The second kappa shape index (κ2) is 14.6. The van der Waals surface area contributed by atoms with E-state index >= 15 is 0 Å². The molecule has 2 unspecified atom stereocenters. The van der Waals surface area contributed by atoms with Crippen molar-refractivity contribution < 1.29 is 38.0 Å². The predicted octanol–water partition coefficient (Wildman–Crippen LogP) is 1.62. The van der Waals surface area contributed by atoms with Crippen LogP contribution in [0.4, 0.5) is 4.79 Å². The lowest BCUT2D eigenvalue weighted by Crippen LogP contribution is -2.65. The Kier molecular flexibility index (Phi) is 11.3. The maximum atomic E-state index is 13.6. The summed E-state index contributed by atoms with van der Waals surface area (Å²) in [6, 6.07) is 6.07. The minimum absolute atomic E-state index is 0.00957. The number of nitrogens with one attached hydrogen (secondary N) is 4. The van der Waals surface area contributed by atoms with Crippen molar-refractivity contribution in [2.75, 3.05) is 7.11 Å². The summed E-state index contributed by atoms with van der Waals surface area (Å²) in [4.78, 5) is 64.0. The number of rotatable bonds is 14. The Bertz CT molecular complexity index is 1330. The SMILES string of the molecule is COC(=O)N[C@H](C(=O)N[C@@H](Cc1ccccc1)C(=O)N[C@@H](C)C(=O)NC(CCC(N)=O)B1O[C@@H]2CC3C[C@@H](C3(C)C)[C@]2(C)O1)C(C)C. The fourth-order valence-electron chi connectivity index (χ4n) is 7.37. The van der Waals surface area contributed by atoms with Gasteiger partial charge in [0, 0.05) is 12.8 Å². The Morgan fingerprint density at radius 2 is 1.64 bits per heavy atom. The first-order chi connectivity index (χ1) is 22.1. The van der Waals surface area contributed by atoms with Gasteiger partial charge in [-0.15, -0.1) is 0 Å². The van der Waals surface area contributed by atoms with Crippen LogP contribution in [0.15, 0.2) is 30.3 Å². The van der Waals surface area contributed by atoms with E-state index in [-0.39, 0.29) is 36.7 Å². The monoisotopic (exact) mass is 655 g/mol. The van der Waals surface area contributed by atoms with Gasteiger partial charge in [-0.3, -0.25) is 19.2 Å². The molecule has 3 aliphatic carbocycles. The van der Waals surface area contributed by atoms with Crippen LogP contribution < -0.4 is 27.0 Å². The number of hydrogen-bond acceptors (Lipinski definition) is 8. The summed E-state index contributed by atoms with van der Waals surface area (Å²) in [5.41, 5.74) is 5.85. The Morgan fingerprint density at radius 3 is 2.23 bits per heavy atom. The van der Waals surface area contributed by atoms with Gasteiger partial charge in [0.1, 0.15) is 18.1 Å². The molecule has 3 saturated carbocycles. The molecular formula is C33H50BN5O8. The van der Waals surface area contributed by atoms with Crippen molar-refractivity contribution in [2.45, 2.75) is 109 Å². The Balaban J connectivity index is 1.45. The van der Waals surface area contributed by atoms with Crippen LogP contribution in [0.25, 0.3) is 0 Å². The summed E-state index contributed by atoms with van der Waals surface area (Å²) in [6.07, 6.45) is 1.37. The smallest absolute Gasteiger partial charge is 0.453 e. The molecule has 5 rings (SSSR count). The molecule has 0 aromatic heterocycles. The molecule has 1 heterocycles. The van der Waals surface area contributed by atoms with Gasteiger partial charge in [-0.25, -0.2) is 4.79 Å². The molecule has 14 heteroatoms. The molecular weight excluding hydrogens is 605 g/mol. The van der Waals surface area contributed by atoms with E-state index in [0.717, 1.165) is 18.4 Å². The third kappa shape index (κ3) is 8.09. The lowest BCUT2D eigenvalue weighted by Gasteiger charge is -2.64. The number of carbonyl (C=O) groups is 5. The summed E-state index contributed by atoms with van der Waals surface area (Å²) < 4.78 is 17.6. The zero-order valence-corrected chi connectivity index (χ0v) is 28.5. The maximum Gasteiger partial charge on any atom is 0.481 e. The number of methoxy groups -OCH3 is 1. The van der Waals surface area contributed by atoms with Crippen LogP contribution in [0, 0.1) is 23.2 Å². The highest BCUT2D eigenvalue weighted by Crippen LogP contribution is 2.65. The van der Waals surface area contributed by atoms with Crippen LogP contribution in [0.2, 0.25) is 0 Å². The number of alkyl carbamates (subject to hydrolysis) is 1. The van der Waals surface area contributed by atoms with Crippen molar-refractivity contribution in [2.24, 2.45) is 28.9 Å². The van der Waals surface area contributed by atoms with E-state index in [1.165, 1.54) is 14.0 Å². The number of carbonyl (C=O) groups excluding carboxylic acids is 5. The number of nitrogens with two attached hydrogens (primary N) is 1. The number of amides is 5. The van der Waals surface area contributed by atoms with E-state index in [2.05, 4.69) is 46.8 Å². The average molecular weight is 656 g/mol. The van der Waals surface area contributed by atoms with Crippen molar-refractivity contribution in [3.63, 3.8) is 0 Å². The lowest BCUT2D eigenvalue weighted by molar-refractivity contribution is -0.199. The first-order valence-electron chi connectivity index (χ1n) is 16.5. The van der Waals surface area contributed by atoms with Crippen LogP contribution in [-0.2, 0) is 39.6 Å². The molecule has 1 aromatic carbocycles. The van der Waals surface area contributed by atoms with Gasteiger partial charge < -0.3 is 41.0 Å². The molecule has 258 valence electrons. The van der Waals surface area contributed by atoms with Crippen molar-refractivity contribution in [3.05, 3.63) is 35.9 Å². The molecule has 0 radical (unpaired) electrons. The Morgan fingerprint density at radius 1 is 0.957 bits per heavy atom. The van der Waals surface area contributed by atoms with E-state index < -0.39 is 66.5 Å². The minimum atomic E-state index is -1.06. The van der Waals surface area contributed by atoms with Crippen molar-refractivity contribution in [1.29, 1.82) is 0 Å². The topological polar surface area (TPSA) is 187 Å². The first-order valence-corrected chi connectivity index (χ1v) is 16.5. The highest BCUT2D eigenvalue weighted by atomic mass is 16.7. The van der Waals surface area contributed by atoms with Crippen molar-refractivity contribution in [3.8, 4) is 0 Å². The van der Waals surface area contributed by atoms with Gasteiger partial charge in [-0.1, -0.05) is 58.0 Å². The fourth-order valence-corrected chi connectivity index (χ4v) is 7.37. The van der Waals surface area contributed by atoms with E-state index in [9.17, 15) is 24.0 Å².